The minimum absolute atomic E-state index is 0.0665. The van der Waals surface area contributed by atoms with E-state index in [1.165, 1.54) is 0 Å². The molecule has 0 radical (unpaired) electrons. The lowest BCUT2D eigenvalue weighted by Crippen LogP contribution is -2.54. The average Bonchev–Trinajstić information content (AvgIpc) is 3.50. The number of halogens is 1. The van der Waals surface area contributed by atoms with Gasteiger partial charge in [0.25, 0.3) is 0 Å². The summed E-state index contributed by atoms with van der Waals surface area (Å²) in [6.07, 6.45) is 5.34. The van der Waals surface area contributed by atoms with Gasteiger partial charge >= 0.3 is 0 Å². The number of amides is 2. The Balaban J connectivity index is 1.55. The van der Waals surface area contributed by atoms with Gasteiger partial charge < -0.3 is 10.2 Å². The zero-order valence-electron chi connectivity index (χ0n) is 24.2. The van der Waals surface area contributed by atoms with Gasteiger partial charge in [-0.05, 0) is 47.6 Å². The number of nitrogens with one attached hydrogen (secondary N) is 1. The number of fused-ring (bicyclic) bond motifs is 1. The molecule has 7 nitrogen and oxygen atoms in total. The number of rotatable bonds is 11. The maximum atomic E-state index is 14.4. The minimum Gasteiger partial charge on any atom is -0.352 e. The number of hydrogen-bond donors (Lipinski definition) is 1. The Bertz CT molecular complexity index is 1690. The number of benzene rings is 4. The predicted octanol–water partition coefficient (Wildman–Crippen LogP) is 6.07. The summed E-state index contributed by atoms with van der Waals surface area (Å²) in [4.78, 5) is 29.9. The lowest BCUT2D eigenvalue weighted by molar-refractivity contribution is -0.140. The van der Waals surface area contributed by atoms with Crippen molar-refractivity contribution in [2.75, 3.05) is 17.1 Å². The maximum Gasteiger partial charge on any atom is 0.244 e. The monoisotopic (exact) mass is 661 g/mol. The summed E-state index contributed by atoms with van der Waals surface area (Å²) < 4.78 is 28.5. The van der Waals surface area contributed by atoms with Crippen LogP contribution in [-0.2, 0) is 32.6 Å². The van der Waals surface area contributed by atoms with E-state index in [2.05, 4.69) is 21.2 Å². The van der Waals surface area contributed by atoms with Crippen molar-refractivity contribution in [3.8, 4) is 0 Å². The standard InChI is InChI=1S/C34H36BrN3O4S/c1-43(41,42)38(31-20-10-15-27-14-5-8-19-30(27)31)24-33(39)37(23-26-13-9-16-28(35)21-26)32(22-25-11-3-2-4-12-25)34(40)36-29-17-6-7-18-29/h2-5,8-16,19-21,29,32H,6-7,17-18,22-24H2,1H3,(H,36,40). The minimum atomic E-state index is -3.86. The molecule has 4 aromatic rings. The largest absolute Gasteiger partial charge is 0.352 e. The van der Waals surface area contributed by atoms with Crippen molar-refractivity contribution in [1.29, 1.82) is 0 Å². The second-order valence-corrected chi connectivity index (χ2v) is 13.9. The van der Waals surface area contributed by atoms with E-state index < -0.39 is 28.5 Å². The van der Waals surface area contributed by atoms with Crippen molar-refractivity contribution in [3.05, 3.63) is 113 Å². The van der Waals surface area contributed by atoms with E-state index >= 15 is 0 Å². The zero-order chi connectivity index (χ0) is 30.4. The Kier molecular flexibility index (Phi) is 9.82. The third kappa shape index (κ3) is 7.83. The number of carbonyl (C=O) groups is 2. The van der Waals surface area contributed by atoms with Gasteiger partial charge in [-0.15, -0.1) is 0 Å². The van der Waals surface area contributed by atoms with Crippen LogP contribution < -0.4 is 9.62 Å². The van der Waals surface area contributed by atoms with Gasteiger partial charge in [0, 0.05) is 28.9 Å². The molecule has 0 spiro atoms. The highest BCUT2D eigenvalue weighted by atomic mass is 79.9. The molecule has 1 saturated carbocycles. The summed E-state index contributed by atoms with van der Waals surface area (Å²) in [5, 5.41) is 4.79. The summed E-state index contributed by atoms with van der Waals surface area (Å²) in [6, 6.07) is 29.3. The van der Waals surface area contributed by atoms with Crippen LogP contribution in [0.2, 0.25) is 0 Å². The number of nitrogens with zero attached hydrogens (tertiary/aromatic N) is 2. The molecule has 0 aromatic heterocycles. The first-order valence-corrected chi connectivity index (χ1v) is 17.2. The van der Waals surface area contributed by atoms with Crippen molar-refractivity contribution in [3.63, 3.8) is 0 Å². The molecule has 43 heavy (non-hydrogen) atoms. The Morgan fingerprint density at radius 1 is 0.884 bits per heavy atom. The Hall–Kier alpha value is -3.69. The van der Waals surface area contributed by atoms with Crippen LogP contribution in [0.3, 0.4) is 0 Å². The fourth-order valence-corrected chi connectivity index (χ4v) is 7.08. The molecule has 9 heteroatoms. The molecule has 4 aromatic carbocycles. The number of anilines is 1. The molecule has 1 atom stereocenters. The van der Waals surface area contributed by atoms with E-state index in [9.17, 15) is 18.0 Å². The summed E-state index contributed by atoms with van der Waals surface area (Å²) in [7, 11) is -3.86. The molecule has 224 valence electrons. The van der Waals surface area contributed by atoms with E-state index in [1.807, 2.05) is 84.9 Å². The second kappa shape index (κ2) is 13.7. The molecule has 1 fully saturated rings. The fourth-order valence-electron chi connectivity index (χ4n) is 5.77. The molecule has 1 aliphatic rings. The topological polar surface area (TPSA) is 86.8 Å². The molecule has 0 heterocycles. The van der Waals surface area contributed by atoms with E-state index in [4.69, 9.17) is 0 Å². The van der Waals surface area contributed by atoms with Crippen LogP contribution in [0.4, 0.5) is 5.69 Å². The van der Waals surface area contributed by atoms with E-state index in [0.717, 1.165) is 62.6 Å². The van der Waals surface area contributed by atoms with Crippen LogP contribution in [-0.4, -0.2) is 50.0 Å². The van der Waals surface area contributed by atoms with Gasteiger partial charge in [0.15, 0.2) is 0 Å². The van der Waals surface area contributed by atoms with Crippen LogP contribution in [0.5, 0.6) is 0 Å². The molecule has 0 aliphatic heterocycles. The normalized spacial score (nSPS) is 14.4. The molecular formula is C34H36BrN3O4S. The average molecular weight is 663 g/mol. The number of hydrogen-bond acceptors (Lipinski definition) is 4. The van der Waals surface area contributed by atoms with E-state index in [-0.39, 0.29) is 18.5 Å². The van der Waals surface area contributed by atoms with Crippen LogP contribution in [0.1, 0.15) is 36.8 Å². The SMILES string of the molecule is CS(=O)(=O)N(CC(=O)N(Cc1cccc(Br)c1)C(Cc1ccccc1)C(=O)NC1CCCC1)c1cccc2ccccc12. The number of sulfonamides is 1. The second-order valence-electron chi connectivity index (χ2n) is 11.1. The van der Waals surface area contributed by atoms with Gasteiger partial charge in [0.1, 0.15) is 12.6 Å². The van der Waals surface area contributed by atoms with Gasteiger partial charge in [-0.1, -0.05) is 108 Å². The molecule has 0 saturated heterocycles. The van der Waals surface area contributed by atoms with Gasteiger partial charge in [-0.3, -0.25) is 13.9 Å². The van der Waals surface area contributed by atoms with Crippen molar-refractivity contribution < 1.29 is 18.0 Å². The highest BCUT2D eigenvalue weighted by Crippen LogP contribution is 2.29. The van der Waals surface area contributed by atoms with Gasteiger partial charge in [-0.25, -0.2) is 8.42 Å². The van der Waals surface area contributed by atoms with Crippen molar-refractivity contribution in [2.24, 2.45) is 0 Å². The lowest BCUT2D eigenvalue weighted by Gasteiger charge is -2.34. The van der Waals surface area contributed by atoms with Crippen molar-refractivity contribution in [1.82, 2.24) is 10.2 Å². The first-order chi connectivity index (χ1) is 20.7. The number of carbonyl (C=O) groups excluding carboxylic acids is 2. The summed E-state index contributed by atoms with van der Waals surface area (Å²) in [5.41, 5.74) is 2.16. The molecule has 1 unspecified atom stereocenters. The summed E-state index contributed by atoms with van der Waals surface area (Å²) in [5.74, 6) is -0.684. The zero-order valence-corrected chi connectivity index (χ0v) is 26.6. The van der Waals surface area contributed by atoms with Crippen LogP contribution in [0.15, 0.2) is 102 Å². The maximum absolute atomic E-state index is 14.4. The first kappa shape index (κ1) is 30.8. The van der Waals surface area contributed by atoms with Gasteiger partial charge in [-0.2, -0.15) is 0 Å². The Morgan fingerprint density at radius 3 is 2.26 bits per heavy atom. The lowest BCUT2D eigenvalue weighted by atomic mass is 10.0. The third-order valence-corrected chi connectivity index (χ3v) is 9.55. The molecule has 1 aliphatic carbocycles. The highest BCUT2D eigenvalue weighted by molar-refractivity contribution is 9.10. The third-order valence-electron chi connectivity index (χ3n) is 7.93. The highest BCUT2D eigenvalue weighted by Gasteiger charge is 2.34. The van der Waals surface area contributed by atoms with Crippen LogP contribution in [0.25, 0.3) is 10.8 Å². The van der Waals surface area contributed by atoms with Gasteiger partial charge in [0.05, 0.1) is 11.9 Å². The van der Waals surface area contributed by atoms with Crippen LogP contribution in [0, 0.1) is 0 Å². The predicted molar refractivity (Wildman–Crippen MR) is 175 cm³/mol. The fraction of sp³-hybridized carbons (Fsp3) is 0.294. The summed E-state index contributed by atoms with van der Waals surface area (Å²) >= 11 is 3.52. The molecule has 0 bridgehead atoms. The van der Waals surface area contributed by atoms with E-state index in [1.54, 1.807) is 17.0 Å². The Labute approximate surface area is 262 Å². The summed E-state index contributed by atoms with van der Waals surface area (Å²) in [6.45, 7) is -0.302. The van der Waals surface area contributed by atoms with Crippen molar-refractivity contribution >= 4 is 54.2 Å². The van der Waals surface area contributed by atoms with E-state index in [0.29, 0.717) is 12.1 Å². The molecule has 5 rings (SSSR count). The Morgan fingerprint density at radius 2 is 1.53 bits per heavy atom. The van der Waals surface area contributed by atoms with Gasteiger partial charge in [0.2, 0.25) is 21.8 Å². The smallest absolute Gasteiger partial charge is 0.244 e. The molecular weight excluding hydrogens is 626 g/mol. The van der Waals surface area contributed by atoms with Crippen LogP contribution >= 0.6 is 15.9 Å². The molecule has 1 N–H and O–H groups in total. The first-order valence-electron chi connectivity index (χ1n) is 14.5. The van der Waals surface area contributed by atoms with Crippen molar-refractivity contribution in [2.45, 2.75) is 50.7 Å². The quantitative estimate of drug-likeness (QED) is 0.212. The molecule has 2 amide bonds.